The van der Waals surface area contributed by atoms with Crippen LogP contribution in [0.2, 0.25) is 0 Å². The van der Waals surface area contributed by atoms with E-state index in [1.165, 1.54) is 0 Å². The standard InChI is InChI=1S/C16H27FN2O/c1-6-7-18-13(4)14-9-15(17)11(2)8-16(14)19(5)10-12(3)20/h8-9,12-13,18,20H,6-7,10H2,1-5H3. The zero-order valence-electron chi connectivity index (χ0n) is 13.2. The van der Waals surface area contributed by atoms with Gasteiger partial charge in [0.2, 0.25) is 0 Å². The SMILES string of the molecule is CCCNC(C)c1cc(F)c(C)cc1N(C)CC(C)O. The number of aryl methyl sites for hydroxylation is 1. The summed E-state index contributed by atoms with van der Waals surface area (Å²) in [7, 11) is 1.93. The lowest BCUT2D eigenvalue weighted by Crippen LogP contribution is -2.29. The number of rotatable bonds is 7. The molecular weight excluding hydrogens is 255 g/mol. The Morgan fingerprint density at radius 2 is 2.00 bits per heavy atom. The highest BCUT2D eigenvalue weighted by Crippen LogP contribution is 2.29. The van der Waals surface area contributed by atoms with Gasteiger partial charge in [0.1, 0.15) is 5.82 Å². The van der Waals surface area contributed by atoms with E-state index in [1.54, 1.807) is 19.9 Å². The van der Waals surface area contributed by atoms with Crippen LogP contribution < -0.4 is 10.2 Å². The number of nitrogens with zero attached hydrogens (tertiary/aromatic N) is 1. The van der Waals surface area contributed by atoms with Gasteiger partial charge in [-0.15, -0.1) is 0 Å². The maximum Gasteiger partial charge on any atom is 0.126 e. The predicted octanol–water partition coefficient (Wildman–Crippen LogP) is 3.01. The Bertz CT molecular complexity index is 435. The summed E-state index contributed by atoms with van der Waals surface area (Å²) in [5.74, 6) is -0.181. The first-order chi connectivity index (χ1) is 9.36. The highest BCUT2D eigenvalue weighted by Gasteiger charge is 2.16. The van der Waals surface area contributed by atoms with Gasteiger partial charge in [0.15, 0.2) is 0 Å². The molecule has 4 heteroatoms. The minimum absolute atomic E-state index is 0.0801. The maximum absolute atomic E-state index is 13.9. The van der Waals surface area contributed by atoms with Crippen LogP contribution in [0.3, 0.4) is 0 Å². The van der Waals surface area contributed by atoms with Gasteiger partial charge in [0.25, 0.3) is 0 Å². The Morgan fingerprint density at radius 1 is 1.35 bits per heavy atom. The van der Waals surface area contributed by atoms with Crippen LogP contribution in [0.4, 0.5) is 10.1 Å². The van der Waals surface area contributed by atoms with Gasteiger partial charge in [-0.1, -0.05) is 6.92 Å². The second kappa shape index (κ2) is 7.60. The molecule has 0 aromatic heterocycles. The molecule has 0 amide bonds. The minimum atomic E-state index is -0.419. The van der Waals surface area contributed by atoms with Crippen LogP contribution in [0, 0.1) is 12.7 Å². The molecule has 2 N–H and O–H groups in total. The van der Waals surface area contributed by atoms with Crippen molar-refractivity contribution in [2.24, 2.45) is 0 Å². The van der Waals surface area contributed by atoms with Crippen molar-refractivity contribution in [2.45, 2.75) is 46.3 Å². The highest BCUT2D eigenvalue weighted by molar-refractivity contribution is 5.56. The molecule has 0 aliphatic heterocycles. The van der Waals surface area contributed by atoms with E-state index < -0.39 is 6.10 Å². The molecule has 0 fully saturated rings. The summed E-state index contributed by atoms with van der Waals surface area (Å²) in [5.41, 5.74) is 2.54. The summed E-state index contributed by atoms with van der Waals surface area (Å²) in [4.78, 5) is 1.98. The lowest BCUT2D eigenvalue weighted by molar-refractivity contribution is 0.201. The molecule has 0 aliphatic carbocycles. The van der Waals surface area contributed by atoms with Gasteiger partial charge in [-0.3, -0.25) is 0 Å². The third-order valence-electron chi connectivity index (χ3n) is 3.42. The summed E-state index contributed by atoms with van der Waals surface area (Å²) >= 11 is 0. The van der Waals surface area contributed by atoms with E-state index in [0.29, 0.717) is 12.1 Å². The number of aliphatic hydroxyl groups excluding tert-OH is 1. The maximum atomic E-state index is 13.9. The summed E-state index contributed by atoms with van der Waals surface area (Å²) in [6.45, 7) is 9.10. The fraction of sp³-hybridized carbons (Fsp3) is 0.625. The van der Waals surface area contributed by atoms with Crippen LogP contribution in [-0.2, 0) is 0 Å². The lowest BCUT2D eigenvalue weighted by Gasteiger charge is -2.27. The topological polar surface area (TPSA) is 35.5 Å². The quantitative estimate of drug-likeness (QED) is 0.807. The molecule has 0 saturated heterocycles. The Balaban J connectivity index is 3.09. The molecular formula is C16H27FN2O. The van der Waals surface area contributed by atoms with Gasteiger partial charge in [0, 0.05) is 25.3 Å². The van der Waals surface area contributed by atoms with Gasteiger partial charge < -0.3 is 15.3 Å². The van der Waals surface area contributed by atoms with Crippen molar-refractivity contribution in [3.05, 3.63) is 29.1 Å². The van der Waals surface area contributed by atoms with E-state index in [1.807, 2.05) is 24.9 Å². The Kier molecular flexibility index (Phi) is 6.43. The fourth-order valence-electron chi connectivity index (χ4n) is 2.32. The molecule has 20 heavy (non-hydrogen) atoms. The average molecular weight is 282 g/mol. The summed E-state index contributed by atoms with van der Waals surface area (Å²) in [5, 5.41) is 12.9. The second-order valence-electron chi connectivity index (χ2n) is 5.57. The van der Waals surface area contributed by atoms with Crippen LogP contribution in [-0.4, -0.2) is 31.3 Å². The van der Waals surface area contributed by atoms with Crippen molar-refractivity contribution >= 4 is 5.69 Å². The molecule has 1 aromatic carbocycles. The summed E-state index contributed by atoms with van der Waals surface area (Å²) in [6.07, 6.45) is 0.620. The van der Waals surface area contributed by atoms with Gasteiger partial charge >= 0.3 is 0 Å². The van der Waals surface area contributed by atoms with Crippen LogP contribution >= 0.6 is 0 Å². The number of likely N-dealkylation sites (N-methyl/N-ethyl adjacent to an activating group) is 1. The number of anilines is 1. The summed E-state index contributed by atoms with van der Waals surface area (Å²) in [6, 6.07) is 3.55. The van der Waals surface area contributed by atoms with E-state index in [2.05, 4.69) is 12.2 Å². The van der Waals surface area contributed by atoms with Crippen LogP contribution in [0.1, 0.15) is 44.4 Å². The molecule has 0 heterocycles. The third kappa shape index (κ3) is 4.46. The number of nitrogens with one attached hydrogen (secondary N) is 1. The molecule has 2 unspecified atom stereocenters. The Hall–Kier alpha value is -1.13. The van der Waals surface area contributed by atoms with Crippen molar-refractivity contribution in [1.82, 2.24) is 5.32 Å². The van der Waals surface area contributed by atoms with Gasteiger partial charge in [-0.05, 0) is 57.0 Å². The molecule has 0 spiro atoms. The summed E-state index contributed by atoms with van der Waals surface area (Å²) < 4.78 is 13.9. The normalized spacial score (nSPS) is 14.2. The van der Waals surface area contributed by atoms with Gasteiger partial charge in [-0.25, -0.2) is 4.39 Å². The van der Waals surface area contributed by atoms with E-state index in [-0.39, 0.29) is 11.9 Å². The van der Waals surface area contributed by atoms with Crippen molar-refractivity contribution < 1.29 is 9.50 Å². The Morgan fingerprint density at radius 3 is 2.55 bits per heavy atom. The van der Waals surface area contributed by atoms with E-state index in [9.17, 15) is 9.50 Å². The zero-order valence-corrected chi connectivity index (χ0v) is 13.2. The second-order valence-corrected chi connectivity index (χ2v) is 5.57. The molecule has 0 aliphatic rings. The predicted molar refractivity (Wildman–Crippen MR) is 82.8 cm³/mol. The van der Waals surface area contributed by atoms with Crippen LogP contribution in [0.15, 0.2) is 12.1 Å². The number of hydrogen-bond acceptors (Lipinski definition) is 3. The molecule has 0 saturated carbocycles. The molecule has 3 nitrogen and oxygen atoms in total. The van der Waals surface area contributed by atoms with Crippen LogP contribution in [0.25, 0.3) is 0 Å². The first kappa shape index (κ1) is 16.9. The highest BCUT2D eigenvalue weighted by atomic mass is 19.1. The van der Waals surface area contributed by atoms with Crippen molar-refractivity contribution in [3.8, 4) is 0 Å². The first-order valence-corrected chi connectivity index (χ1v) is 7.29. The van der Waals surface area contributed by atoms with E-state index >= 15 is 0 Å². The monoisotopic (exact) mass is 282 g/mol. The molecule has 1 aromatic rings. The van der Waals surface area contributed by atoms with E-state index in [0.717, 1.165) is 24.2 Å². The molecule has 2 atom stereocenters. The number of halogens is 1. The fourth-order valence-corrected chi connectivity index (χ4v) is 2.32. The van der Waals surface area contributed by atoms with Crippen LogP contribution in [0.5, 0.6) is 0 Å². The van der Waals surface area contributed by atoms with Crippen molar-refractivity contribution in [3.63, 3.8) is 0 Å². The smallest absolute Gasteiger partial charge is 0.126 e. The number of hydrogen-bond donors (Lipinski definition) is 2. The lowest BCUT2D eigenvalue weighted by atomic mass is 10.0. The number of aliphatic hydroxyl groups is 1. The number of benzene rings is 1. The van der Waals surface area contributed by atoms with Crippen molar-refractivity contribution in [2.75, 3.05) is 25.0 Å². The minimum Gasteiger partial charge on any atom is -0.392 e. The van der Waals surface area contributed by atoms with Crippen molar-refractivity contribution in [1.29, 1.82) is 0 Å². The Labute approximate surface area is 121 Å². The average Bonchev–Trinajstić information content (AvgIpc) is 2.37. The molecule has 0 bridgehead atoms. The molecule has 0 radical (unpaired) electrons. The largest absolute Gasteiger partial charge is 0.392 e. The van der Waals surface area contributed by atoms with E-state index in [4.69, 9.17) is 0 Å². The van der Waals surface area contributed by atoms with Gasteiger partial charge in [-0.2, -0.15) is 0 Å². The first-order valence-electron chi connectivity index (χ1n) is 7.29. The van der Waals surface area contributed by atoms with Gasteiger partial charge in [0.05, 0.1) is 6.10 Å². The third-order valence-corrected chi connectivity index (χ3v) is 3.42. The molecule has 114 valence electrons. The molecule has 1 rings (SSSR count). The zero-order chi connectivity index (χ0) is 15.3.